The van der Waals surface area contributed by atoms with Gasteiger partial charge in [-0.2, -0.15) is 0 Å². The number of benzene rings is 2. The van der Waals surface area contributed by atoms with Crippen molar-refractivity contribution in [2.45, 2.75) is 51.3 Å². The van der Waals surface area contributed by atoms with Crippen LogP contribution in [0.25, 0.3) is 0 Å². The number of carbonyl (C=O) groups excluding carboxylic acids is 2. The number of amides is 2. The highest BCUT2D eigenvalue weighted by molar-refractivity contribution is 5.94. The van der Waals surface area contributed by atoms with Gasteiger partial charge >= 0.3 is 6.09 Å². The van der Waals surface area contributed by atoms with Gasteiger partial charge in [0, 0.05) is 25.7 Å². The van der Waals surface area contributed by atoms with Gasteiger partial charge in [0.05, 0.1) is 6.04 Å². The smallest absolute Gasteiger partial charge is 0.408 e. The van der Waals surface area contributed by atoms with Crippen LogP contribution in [-0.4, -0.2) is 43.1 Å². The first kappa shape index (κ1) is 22.8. The van der Waals surface area contributed by atoms with Gasteiger partial charge < -0.3 is 20.3 Å². The van der Waals surface area contributed by atoms with Gasteiger partial charge in [0.2, 0.25) is 0 Å². The zero-order chi connectivity index (χ0) is 22.6. The summed E-state index contributed by atoms with van der Waals surface area (Å²) in [7, 11) is 3.52. The molecule has 6 heteroatoms. The van der Waals surface area contributed by atoms with Crippen LogP contribution in [0.15, 0.2) is 48.5 Å². The largest absolute Gasteiger partial charge is 0.444 e. The third-order valence-electron chi connectivity index (χ3n) is 5.29. The van der Waals surface area contributed by atoms with Crippen molar-refractivity contribution in [3.05, 3.63) is 70.8 Å². The molecular weight excluding hydrogens is 390 g/mol. The number of nitrogens with one attached hydrogen (secondary N) is 2. The molecule has 0 saturated carbocycles. The molecule has 2 N–H and O–H groups in total. The highest BCUT2D eigenvalue weighted by Gasteiger charge is 2.32. The van der Waals surface area contributed by atoms with E-state index in [1.54, 1.807) is 19.0 Å². The van der Waals surface area contributed by atoms with Crippen LogP contribution in [-0.2, 0) is 11.2 Å². The van der Waals surface area contributed by atoms with Crippen LogP contribution in [0.3, 0.4) is 0 Å². The number of fused-ring (bicyclic) bond motifs is 1. The predicted octanol–water partition coefficient (Wildman–Crippen LogP) is 4.23. The van der Waals surface area contributed by atoms with Crippen molar-refractivity contribution in [2.24, 2.45) is 0 Å². The molecule has 1 aliphatic carbocycles. The average molecular weight is 424 g/mol. The second-order valence-electron chi connectivity index (χ2n) is 9.22. The fraction of sp³-hybridized carbons (Fsp3) is 0.440. The van der Waals surface area contributed by atoms with Crippen LogP contribution in [0, 0.1) is 0 Å². The molecule has 0 saturated heterocycles. The van der Waals surface area contributed by atoms with E-state index in [0.717, 1.165) is 30.5 Å². The quantitative estimate of drug-likeness (QED) is 0.729. The topological polar surface area (TPSA) is 70.7 Å². The van der Waals surface area contributed by atoms with Gasteiger partial charge in [0.1, 0.15) is 5.60 Å². The Hall–Kier alpha value is -2.86. The van der Waals surface area contributed by atoms with Crippen molar-refractivity contribution in [1.82, 2.24) is 15.5 Å². The Morgan fingerprint density at radius 2 is 1.71 bits per heavy atom. The van der Waals surface area contributed by atoms with E-state index in [1.165, 1.54) is 5.56 Å². The maximum Gasteiger partial charge on any atom is 0.408 e. The minimum atomic E-state index is -0.525. The average Bonchev–Trinajstić information content (AvgIpc) is 3.03. The number of hydrogen-bond acceptors (Lipinski definition) is 4. The number of carbonyl (C=O) groups is 2. The molecule has 2 amide bonds. The second kappa shape index (κ2) is 9.52. The van der Waals surface area contributed by atoms with Crippen molar-refractivity contribution in [1.29, 1.82) is 0 Å². The Morgan fingerprint density at radius 3 is 2.35 bits per heavy atom. The van der Waals surface area contributed by atoms with Crippen LogP contribution < -0.4 is 10.6 Å². The van der Waals surface area contributed by atoms with Crippen molar-refractivity contribution in [3.8, 4) is 0 Å². The first-order valence-corrected chi connectivity index (χ1v) is 10.8. The van der Waals surface area contributed by atoms with Gasteiger partial charge in [-0.25, -0.2) is 4.79 Å². The molecule has 0 unspecified atom stereocenters. The molecule has 0 aromatic heterocycles. The first-order chi connectivity index (χ1) is 14.6. The molecule has 0 bridgehead atoms. The standard InChI is InChI=1S/C25H33N3O3/c1-25(2,3)31-24(30)27-22-16-21(19-11-6-7-12-20(19)22)26-14-13-17-9-8-10-18(15-17)23(29)28(4)5/h6-12,15,21-22,26H,13-14,16H2,1-5H3,(H,27,30)/t21-,22-/m1/s1. The Morgan fingerprint density at radius 1 is 1.03 bits per heavy atom. The molecule has 0 fully saturated rings. The summed E-state index contributed by atoms with van der Waals surface area (Å²) in [5, 5.41) is 6.64. The van der Waals surface area contributed by atoms with Crippen LogP contribution in [0.5, 0.6) is 0 Å². The zero-order valence-electron chi connectivity index (χ0n) is 19.1. The fourth-order valence-electron chi connectivity index (χ4n) is 3.92. The van der Waals surface area contributed by atoms with Crippen LogP contribution in [0.4, 0.5) is 4.79 Å². The van der Waals surface area contributed by atoms with Gasteiger partial charge in [0.15, 0.2) is 0 Å². The monoisotopic (exact) mass is 423 g/mol. The predicted molar refractivity (Wildman–Crippen MR) is 122 cm³/mol. The lowest BCUT2D eigenvalue weighted by Gasteiger charge is -2.22. The van der Waals surface area contributed by atoms with E-state index in [4.69, 9.17) is 4.74 Å². The Labute approximate surface area is 185 Å². The summed E-state index contributed by atoms with van der Waals surface area (Å²) < 4.78 is 5.43. The third-order valence-corrected chi connectivity index (χ3v) is 5.29. The minimum absolute atomic E-state index is 0.00980. The minimum Gasteiger partial charge on any atom is -0.444 e. The number of hydrogen-bond donors (Lipinski definition) is 2. The van der Waals surface area contributed by atoms with E-state index < -0.39 is 11.7 Å². The fourth-order valence-corrected chi connectivity index (χ4v) is 3.92. The highest BCUT2D eigenvalue weighted by atomic mass is 16.6. The molecule has 3 rings (SSSR count). The highest BCUT2D eigenvalue weighted by Crippen LogP contribution is 2.38. The van der Waals surface area contributed by atoms with Gasteiger partial charge in [-0.1, -0.05) is 36.4 Å². The molecule has 166 valence electrons. The lowest BCUT2D eigenvalue weighted by molar-refractivity contribution is 0.0501. The number of rotatable bonds is 6. The summed E-state index contributed by atoms with van der Waals surface area (Å²) in [4.78, 5) is 26.1. The van der Waals surface area contributed by atoms with Gasteiger partial charge in [-0.05, 0) is 69.0 Å². The van der Waals surface area contributed by atoms with Gasteiger partial charge in [0.25, 0.3) is 5.91 Å². The maximum absolute atomic E-state index is 12.3. The van der Waals surface area contributed by atoms with Crippen molar-refractivity contribution in [3.63, 3.8) is 0 Å². The summed E-state index contributed by atoms with van der Waals surface area (Å²) >= 11 is 0. The van der Waals surface area contributed by atoms with E-state index in [0.29, 0.717) is 5.56 Å². The van der Waals surface area contributed by atoms with E-state index in [9.17, 15) is 9.59 Å². The van der Waals surface area contributed by atoms with Crippen molar-refractivity contribution in [2.75, 3.05) is 20.6 Å². The lowest BCUT2D eigenvalue weighted by atomic mass is 10.1. The van der Waals surface area contributed by atoms with E-state index in [-0.39, 0.29) is 18.0 Å². The molecule has 0 spiro atoms. The molecule has 0 radical (unpaired) electrons. The zero-order valence-corrected chi connectivity index (χ0v) is 19.1. The Kier molecular flexibility index (Phi) is 7.01. The Bertz CT molecular complexity index is 934. The number of ether oxygens (including phenoxy) is 1. The van der Waals surface area contributed by atoms with E-state index in [2.05, 4.69) is 22.8 Å². The molecule has 2 aromatic carbocycles. The SMILES string of the molecule is CN(C)C(=O)c1cccc(CCN[C@@H]2C[C@@H](NC(=O)OC(C)(C)C)c3ccccc32)c1. The van der Waals surface area contributed by atoms with Crippen LogP contribution in [0.2, 0.25) is 0 Å². The normalized spacial score (nSPS) is 17.7. The van der Waals surface area contributed by atoms with E-state index >= 15 is 0 Å². The molecule has 31 heavy (non-hydrogen) atoms. The molecule has 1 aliphatic rings. The summed E-state index contributed by atoms with van der Waals surface area (Å²) in [6.07, 6.45) is 1.20. The van der Waals surface area contributed by atoms with Gasteiger partial charge in [-0.3, -0.25) is 4.79 Å². The Balaban J connectivity index is 1.61. The van der Waals surface area contributed by atoms with Gasteiger partial charge in [-0.15, -0.1) is 0 Å². The molecule has 2 aromatic rings. The lowest BCUT2D eigenvalue weighted by Crippen LogP contribution is -2.34. The van der Waals surface area contributed by atoms with Crippen molar-refractivity contribution >= 4 is 12.0 Å². The summed E-state index contributed by atoms with van der Waals surface area (Å²) in [5.41, 5.74) is 3.64. The summed E-state index contributed by atoms with van der Waals surface area (Å²) in [6.45, 7) is 6.36. The molecular formula is C25H33N3O3. The van der Waals surface area contributed by atoms with Crippen molar-refractivity contribution < 1.29 is 14.3 Å². The summed E-state index contributed by atoms with van der Waals surface area (Å²) in [6, 6.07) is 16.1. The molecule has 0 aliphatic heterocycles. The maximum atomic E-state index is 12.3. The molecule has 0 heterocycles. The first-order valence-electron chi connectivity index (χ1n) is 10.8. The third kappa shape index (κ3) is 6.07. The number of alkyl carbamates (subject to hydrolysis) is 1. The van der Waals surface area contributed by atoms with Crippen LogP contribution in [0.1, 0.15) is 66.3 Å². The molecule has 6 nitrogen and oxygen atoms in total. The summed E-state index contributed by atoms with van der Waals surface area (Å²) in [5.74, 6) is 0.00980. The van der Waals surface area contributed by atoms with Crippen LogP contribution >= 0.6 is 0 Å². The van der Waals surface area contributed by atoms with E-state index in [1.807, 2.05) is 57.2 Å². The molecule has 2 atom stereocenters. The number of nitrogens with zero attached hydrogens (tertiary/aromatic N) is 1. The second-order valence-corrected chi connectivity index (χ2v) is 9.22.